The van der Waals surface area contributed by atoms with Crippen molar-refractivity contribution >= 4 is 6.03 Å². The number of amides is 2. The molecule has 1 aliphatic rings. The average molecular weight is 319 g/mol. The second-order valence-corrected chi connectivity index (χ2v) is 6.71. The van der Waals surface area contributed by atoms with Crippen molar-refractivity contribution in [3.8, 4) is 0 Å². The van der Waals surface area contributed by atoms with E-state index < -0.39 is 0 Å². The van der Waals surface area contributed by atoms with E-state index in [9.17, 15) is 4.79 Å². The van der Waals surface area contributed by atoms with Gasteiger partial charge in [-0.2, -0.15) is 0 Å². The third-order valence-electron chi connectivity index (χ3n) is 4.70. The summed E-state index contributed by atoms with van der Waals surface area (Å²) in [6.07, 6.45) is 1.05. The summed E-state index contributed by atoms with van der Waals surface area (Å²) in [7, 11) is 0. The van der Waals surface area contributed by atoms with Crippen LogP contribution in [-0.2, 0) is 13.0 Å². The molecule has 128 valence electrons. The van der Waals surface area contributed by atoms with E-state index in [1.54, 1.807) is 4.90 Å². The van der Waals surface area contributed by atoms with E-state index in [1.807, 2.05) is 6.92 Å². The summed E-state index contributed by atoms with van der Waals surface area (Å²) in [6, 6.07) is 8.48. The number of carbonyl (C=O) groups excluding carboxylic acids is 1. The number of carbonyl (C=O) groups is 1. The van der Waals surface area contributed by atoms with Crippen molar-refractivity contribution in [2.45, 2.75) is 39.3 Å². The quantitative estimate of drug-likeness (QED) is 0.841. The van der Waals surface area contributed by atoms with Crippen molar-refractivity contribution in [1.29, 1.82) is 0 Å². The van der Waals surface area contributed by atoms with E-state index in [2.05, 4.69) is 48.3 Å². The summed E-state index contributed by atoms with van der Waals surface area (Å²) in [6.45, 7) is 9.75. The molecule has 2 rings (SSSR count). The van der Waals surface area contributed by atoms with E-state index in [4.69, 9.17) is 5.11 Å². The maximum atomic E-state index is 12.2. The molecule has 1 aromatic carbocycles. The number of aliphatic hydroxyl groups excluding tert-OH is 1. The summed E-state index contributed by atoms with van der Waals surface area (Å²) in [5.74, 6) is 0. The smallest absolute Gasteiger partial charge is 0.317 e. The number of hydrogen-bond donors (Lipinski definition) is 2. The van der Waals surface area contributed by atoms with Gasteiger partial charge in [-0.15, -0.1) is 0 Å². The van der Waals surface area contributed by atoms with Crippen LogP contribution in [-0.4, -0.2) is 59.3 Å². The van der Waals surface area contributed by atoms with Crippen LogP contribution in [0.1, 0.15) is 31.9 Å². The minimum Gasteiger partial charge on any atom is -0.395 e. The molecule has 0 spiro atoms. The first-order chi connectivity index (χ1) is 11.0. The summed E-state index contributed by atoms with van der Waals surface area (Å²) < 4.78 is 0. The maximum absolute atomic E-state index is 12.2. The highest BCUT2D eigenvalue weighted by molar-refractivity contribution is 5.74. The van der Waals surface area contributed by atoms with Gasteiger partial charge >= 0.3 is 6.03 Å². The van der Waals surface area contributed by atoms with E-state index in [-0.39, 0.29) is 18.2 Å². The first kappa shape index (κ1) is 17.8. The SMILES string of the molecule is CCN(CCO)C(=O)NCC(C)(C)N1CCc2ccccc2C1. The first-order valence-electron chi connectivity index (χ1n) is 8.43. The van der Waals surface area contributed by atoms with Gasteiger partial charge in [-0.3, -0.25) is 4.90 Å². The minimum atomic E-state index is -0.109. The second kappa shape index (κ2) is 7.79. The monoisotopic (exact) mass is 319 g/mol. The summed E-state index contributed by atoms with van der Waals surface area (Å²) in [5, 5.41) is 12.0. The zero-order chi connectivity index (χ0) is 16.9. The molecule has 23 heavy (non-hydrogen) atoms. The van der Waals surface area contributed by atoms with Crippen LogP contribution < -0.4 is 5.32 Å². The predicted molar refractivity (Wildman–Crippen MR) is 92.4 cm³/mol. The molecular weight excluding hydrogens is 290 g/mol. The Morgan fingerprint density at radius 1 is 1.35 bits per heavy atom. The van der Waals surface area contributed by atoms with Crippen molar-refractivity contribution in [2.75, 3.05) is 32.8 Å². The number of urea groups is 1. The van der Waals surface area contributed by atoms with Gasteiger partial charge in [0.15, 0.2) is 0 Å². The van der Waals surface area contributed by atoms with Gasteiger partial charge in [0.1, 0.15) is 0 Å². The number of nitrogens with one attached hydrogen (secondary N) is 1. The van der Waals surface area contributed by atoms with Crippen LogP contribution in [0.25, 0.3) is 0 Å². The van der Waals surface area contributed by atoms with Gasteiger partial charge in [-0.1, -0.05) is 24.3 Å². The lowest BCUT2D eigenvalue weighted by Crippen LogP contribution is -2.55. The fourth-order valence-electron chi connectivity index (χ4n) is 3.05. The summed E-state index contributed by atoms with van der Waals surface area (Å²) >= 11 is 0. The average Bonchev–Trinajstić information content (AvgIpc) is 2.57. The molecule has 1 aliphatic heterocycles. The lowest BCUT2D eigenvalue weighted by Gasteiger charge is -2.42. The molecule has 0 atom stereocenters. The Morgan fingerprint density at radius 2 is 2.04 bits per heavy atom. The van der Waals surface area contributed by atoms with Gasteiger partial charge in [0.25, 0.3) is 0 Å². The fraction of sp³-hybridized carbons (Fsp3) is 0.611. The molecule has 0 radical (unpaired) electrons. The lowest BCUT2D eigenvalue weighted by molar-refractivity contribution is 0.101. The van der Waals surface area contributed by atoms with E-state index in [0.29, 0.717) is 19.6 Å². The van der Waals surface area contributed by atoms with Crippen LogP contribution in [0.2, 0.25) is 0 Å². The molecule has 0 aliphatic carbocycles. The zero-order valence-corrected chi connectivity index (χ0v) is 14.5. The van der Waals surface area contributed by atoms with Crippen molar-refractivity contribution in [3.63, 3.8) is 0 Å². The van der Waals surface area contributed by atoms with E-state index in [0.717, 1.165) is 19.5 Å². The maximum Gasteiger partial charge on any atom is 0.317 e. The number of nitrogens with zero attached hydrogens (tertiary/aromatic N) is 2. The molecule has 0 saturated carbocycles. The van der Waals surface area contributed by atoms with Gasteiger partial charge in [-0.25, -0.2) is 4.79 Å². The Morgan fingerprint density at radius 3 is 2.70 bits per heavy atom. The second-order valence-electron chi connectivity index (χ2n) is 6.71. The number of fused-ring (bicyclic) bond motifs is 1. The topological polar surface area (TPSA) is 55.8 Å². The van der Waals surface area contributed by atoms with Gasteiger partial charge < -0.3 is 15.3 Å². The van der Waals surface area contributed by atoms with Crippen molar-refractivity contribution in [1.82, 2.24) is 15.1 Å². The van der Waals surface area contributed by atoms with E-state index >= 15 is 0 Å². The van der Waals surface area contributed by atoms with Crippen LogP contribution in [0.5, 0.6) is 0 Å². The lowest BCUT2D eigenvalue weighted by atomic mass is 9.94. The van der Waals surface area contributed by atoms with Crippen molar-refractivity contribution in [3.05, 3.63) is 35.4 Å². The molecule has 2 N–H and O–H groups in total. The van der Waals surface area contributed by atoms with Crippen LogP contribution >= 0.6 is 0 Å². The number of benzene rings is 1. The molecule has 5 heteroatoms. The molecule has 5 nitrogen and oxygen atoms in total. The Kier molecular flexibility index (Phi) is 6.02. The molecule has 2 amide bonds. The normalized spacial score (nSPS) is 15.1. The highest BCUT2D eigenvalue weighted by atomic mass is 16.3. The van der Waals surface area contributed by atoms with Crippen molar-refractivity contribution in [2.24, 2.45) is 0 Å². The number of hydrogen-bond acceptors (Lipinski definition) is 3. The molecule has 0 bridgehead atoms. The van der Waals surface area contributed by atoms with Crippen LogP contribution in [0.15, 0.2) is 24.3 Å². The Balaban J connectivity index is 1.93. The Hall–Kier alpha value is -1.59. The standard InChI is InChI=1S/C18H29N3O2/c1-4-20(11-12-22)17(23)19-14-18(2,3)21-10-9-15-7-5-6-8-16(15)13-21/h5-8,22H,4,9-14H2,1-3H3,(H,19,23). The van der Waals surface area contributed by atoms with Gasteiger partial charge in [0.05, 0.1) is 6.61 Å². The Bertz CT molecular complexity index is 531. The Labute approximate surface area is 139 Å². The molecule has 1 heterocycles. The molecule has 0 saturated heterocycles. The predicted octanol–water partition coefficient (Wildman–Crippen LogP) is 1.85. The van der Waals surface area contributed by atoms with Gasteiger partial charge in [0.2, 0.25) is 0 Å². The summed E-state index contributed by atoms with van der Waals surface area (Å²) in [4.78, 5) is 16.2. The third kappa shape index (κ3) is 4.45. The fourth-order valence-corrected chi connectivity index (χ4v) is 3.05. The largest absolute Gasteiger partial charge is 0.395 e. The molecule has 0 aromatic heterocycles. The van der Waals surface area contributed by atoms with Crippen LogP contribution in [0.3, 0.4) is 0 Å². The highest BCUT2D eigenvalue weighted by Crippen LogP contribution is 2.24. The highest BCUT2D eigenvalue weighted by Gasteiger charge is 2.30. The van der Waals surface area contributed by atoms with Crippen molar-refractivity contribution < 1.29 is 9.90 Å². The number of aliphatic hydroxyl groups is 1. The zero-order valence-electron chi connectivity index (χ0n) is 14.5. The summed E-state index contributed by atoms with van der Waals surface area (Å²) in [5.41, 5.74) is 2.71. The molecule has 1 aromatic rings. The molecule has 0 fully saturated rings. The number of likely N-dealkylation sites (N-methyl/N-ethyl adjacent to an activating group) is 1. The first-order valence-corrected chi connectivity index (χ1v) is 8.43. The van der Waals surface area contributed by atoms with Crippen LogP contribution in [0, 0.1) is 0 Å². The molecule has 0 unspecified atom stereocenters. The van der Waals surface area contributed by atoms with Gasteiger partial charge in [0, 0.05) is 38.3 Å². The van der Waals surface area contributed by atoms with E-state index in [1.165, 1.54) is 11.1 Å². The minimum absolute atomic E-state index is 0.00639. The number of rotatable bonds is 6. The molecular formula is C18H29N3O2. The third-order valence-corrected chi connectivity index (χ3v) is 4.70. The van der Waals surface area contributed by atoms with Crippen LogP contribution in [0.4, 0.5) is 4.79 Å². The van der Waals surface area contributed by atoms with Gasteiger partial charge in [-0.05, 0) is 38.3 Å².